The van der Waals surface area contributed by atoms with Crippen LogP contribution in [0.5, 0.6) is 0 Å². The zero-order valence-corrected chi connectivity index (χ0v) is 7.97. The third-order valence-corrected chi connectivity index (χ3v) is 0.774. The molecule has 0 heterocycles. The number of benzene rings is 1. The Bertz CT molecular complexity index is 143. The summed E-state index contributed by atoms with van der Waals surface area (Å²) >= 11 is 0. The van der Waals surface area contributed by atoms with Crippen molar-refractivity contribution in [2.24, 2.45) is 0 Å². The molecule has 1 rings (SSSR count). The number of nitrogens with one attached hydrogen (secondary N) is 1. The number of hydrogen-bond donors (Lipinski definition) is 0. The van der Waals surface area contributed by atoms with Gasteiger partial charge in [-0.3, -0.25) is 0 Å². The Morgan fingerprint density at radius 3 is 1.67 bits per heavy atom. The Kier molecular flexibility index (Phi) is 8.51. The Morgan fingerprint density at radius 1 is 1.00 bits per heavy atom. The molecule has 0 aliphatic rings. The van der Waals surface area contributed by atoms with Crippen LogP contribution in [0.3, 0.4) is 0 Å². The maximum absolute atomic E-state index is 7.00. The van der Waals surface area contributed by atoms with E-state index in [1.807, 2.05) is 18.2 Å². The maximum atomic E-state index is 7.00. The fourth-order valence-corrected chi connectivity index (χ4v) is 0.438. The average molecular weight is 196 g/mol. The Morgan fingerprint density at radius 2 is 1.44 bits per heavy atom. The summed E-state index contributed by atoms with van der Waals surface area (Å²) in [5.41, 5.74) is 7.57. The van der Waals surface area contributed by atoms with Crippen LogP contribution >= 0.6 is 0 Å². The second-order valence-corrected chi connectivity index (χ2v) is 1.37. The van der Waals surface area contributed by atoms with E-state index in [0.29, 0.717) is 5.69 Å². The molecule has 0 amide bonds. The minimum absolute atomic E-state index is 0. The van der Waals surface area contributed by atoms with Crippen LogP contribution in [0.2, 0.25) is 0 Å². The summed E-state index contributed by atoms with van der Waals surface area (Å²) in [5.74, 6) is 0. The number of halogens is 1. The Hall–Kier alpha value is 0.266. The molecule has 1 nitrogen and oxygen atoms in total. The van der Waals surface area contributed by atoms with Gasteiger partial charge in [0.25, 0.3) is 0 Å². The van der Waals surface area contributed by atoms with Gasteiger partial charge >= 0.3 is 23.1 Å². The SMILES string of the molecule is [Br-].[Mg+2].[NH-]c1ccccc1. The minimum Gasteiger partial charge on any atom is -1.00 e. The van der Waals surface area contributed by atoms with Gasteiger partial charge in [0.1, 0.15) is 0 Å². The molecular formula is C6H6BrMgN. The summed E-state index contributed by atoms with van der Waals surface area (Å²) < 4.78 is 0. The normalized spacial score (nSPS) is 6.67. The van der Waals surface area contributed by atoms with E-state index in [4.69, 9.17) is 5.73 Å². The van der Waals surface area contributed by atoms with Crippen LogP contribution in [0.1, 0.15) is 0 Å². The van der Waals surface area contributed by atoms with Crippen molar-refractivity contribution in [3.05, 3.63) is 36.1 Å². The summed E-state index contributed by atoms with van der Waals surface area (Å²) in [6, 6.07) is 9.10. The summed E-state index contributed by atoms with van der Waals surface area (Å²) in [5, 5.41) is 0. The van der Waals surface area contributed by atoms with Gasteiger partial charge in [0.15, 0.2) is 0 Å². The van der Waals surface area contributed by atoms with E-state index in [0.717, 1.165) is 0 Å². The standard InChI is InChI=1S/C6H6N.BrH.Mg/c7-6-4-2-1-3-5-6;;/h1-5,7H;1H;/q-1;;+2/p-1. The van der Waals surface area contributed by atoms with Crippen molar-refractivity contribution in [1.29, 1.82) is 0 Å². The van der Waals surface area contributed by atoms with Gasteiger partial charge in [0.05, 0.1) is 0 Å². The molecule has 0 aliphatic carbocycles. The summed E-state index contributed by atoms with van der Waals surface area (Å²) in [4.78, 5) is 0. The van der Waals surface area contributed by atoms with Crippen LogP contribution in [-0.4, -0.2) is 23.1 Å². The van der Waals surface area contributed by atoms with Crippen molar-refractivity contribution in [2.75, 3.05) is 0 Å². The van der Waals surface area contributed by atoms with Crippen molar-refractivity contribution in [1.82, 2.24) is 0 Å². The zero-order chi connectivity index (χ0) is 5.11. The minimum atomic E-state index is 0. The second-order valence-electron chi connectivity index (χ2n) is 1.37. The molecule has 0 spiro atoms. The molecule has 1 N–H and O–H groups in total. The van der Waals surface area contributed by atoms with Gasteiger partial charge in [0, 0.05) is 0 Å². The van der Waals surface area contributed by atoms with Gasteiger partial charge in [-0.15, -0.1) is 5.69 Å². The summed E-state index contributed by atoms with van der Waals surface area (Å²) in [6.07, 6.45) is 0. The van der Waals surface area contributed by atoms with Gasteiger partial charge in [-0.1, -0.05) is 30.3 Å². The van der Waals surface area contributed by atoms with E-state index in [-0.39, 0.29) is 40.0 Å². The fraction of sp³-hybridized carbons (Fsp3) is 0. The topological polar surface area (TPSA) is 23.8 Å². The first-order valence-corrected chi connectivity index (χ1v) is 2.16. The molecule has 0 aromatic heterocycles. The van der Waals surface area contributed by atoms with Crippen LogP contribution in [0, 0.1) is 0 Å². The smallest absolute Gasteiger partial charge is 1.00 e. The van der Waals surface area contributed by atoms with Crippen molar-refractivity contribution in [3.8, 4) is 0 Å². The third kappa shape index (κ3) is 4.75. The molecule has 0 saturated heterocycles. The molecule has 1 aromatic rings. The molecule has 0 aliphatic heterocycles. The van der Waals surface area contributed by atoms with E-state index in [9.17, 15) is 0 Å². The van der Waals surface area contributed by atoms with Gasteiger partial charge in [-0.25, -0.2) is 0 Å². The van der Waals surface area contributed by atoms with Crippen molar-refractivity contribution < 1.29 is 17.0 Å². The first-order chi connectivity index (χ1) is 3.39. The molecule has 0 bridgehead atoms. The quantitative estimate of drug-likeness (QED) is 0.475. The molecule has 1 aromatic carbocycles. The average Bonchev–Trinajstić information content (AvgIpc) is 1.69. The molecule has 0 saturated carbocycles. The molecule has 44 valence electrons. The predicted octanol–water partition coefficient (Wildman–Crippen LogP) is -1.01. The van der Waals surface area contributed by atoms with E-state index < -0.39 is 0 Å². The van der Waals surface area contributed by atoms with Crippen LogP contribution in [0.4, 0.5) is 5.69 Å². The van der Waals surface area contributed by atoms with E-state index in [1.165, 1.54) is 0 Å². The molecule has 0 radical (unpaired) electrons. The van der Waals surface area contributed by atoms with E-state index in [1.54, 1.807) is 12.1 Å². The predicted molar refractivity (Wildman–Crippen MR) is 36.2 cm³/mol. The second kappa shape index (κ2) is 6.39. The summed E-state index contributed by atoms with van der Waals surface area (Å²) in [6.45, 7) is 0. The van der Waals surface area contributed by atoms with Gasteiger partial charge in [0.2, 0.25) is 0 Å². The monoisotopic (exact) mass is 195 g/mol. The first-order valence-electron chi connectivity index (χ1n) is 2.16. The van der Waals surface area contributed by atoms with Crippen LogP contribution < -0.4 is 17.0 Å². The third-order valence-electron chi connectivity index (χ3n) is 0.774. The van der Waals surface area contributed by atoms with E-state index in [2.05, 4.69) is 0 Å². The Labute approximate surface area is 81.6 Å². The zero-order valence-electron chi connectivity index (χ0n) is 4.97. The van der Waals surface area contributed by atoms with E-state index >= 15 is 0 Å². The maximum Gasteiger partial charge on any atom is 2.00 e. The number of hydrogen-bond acceptors (Lipinski definition) is 0. The van der Waals surface area contributed by atoms with Gasteiger partial charge in [-0.05, 0) is 0 Å². The van der Waals surface area contributed by atoms with Gasteiger partial charge < -0.3 is 22.7 Å². The van der Waals surface area contributed by atoms with Crippen molar-refractivity contribution in [3.63, 3.8) is 0 Å². The van der Waals surface area contributed by atoms with Crippen LogP contribution in [0.25, 0.3) is 5.73 Å². The summed E-state index contributed by atoms with van der Waals surface area (Å²) in [7, 11) is 0. The molecule has 3 heteroatoms. The van der Waals surface area contributed by atoms with Crippen molar-refractivity contribution in [2.45, 2.75) is 0 Å². The molecular weight excluding hydrogens is 190 g/mol. The fourth-order valence-electron chi connectivity index (χ4n) is 0.438. The van der Waals surface area contributed by atoms with Crippen molar-refractivity contribution >= 4 is 28.7 Å². The molecule has 0 atom stereocenters. The Balaban J connectivity index is 0. The van der Waals surface area contributed by atoms with Crippen LogP contribution in [-0.2, 0) is 0 Å². The molecule has 0 unspecified atom stereocenters. The molecule has 0 fully saturated rings. The first kappa shape index (κ1) is 12.0. The van der Waals surface area contributed by atoms with Gasteiger partial charge in [-0.2, -0.15) is 0 Å². The molecule has 9 heavy (non-hydrogen) atoms. The number of rotatable bonds is 0. The van der Waals surface area contributed by atoms with Crippen LogP contribution in [0.15, 0.2) is 30.3 Å². The largest absolute Gasteiger partial charge is 2.00 e.